The highest BCUT2D eigenvalue weighted by atomic mass is 16.3. The molecular formula is C19H22N4O2. The summed E-state index contributed by atoms with van der Waals surface area (Å²) in [4.78, 5) is 22.9. The van der Waals surface area contributed by atoms with Crippen molar-refractivity contribution in [1.29, 1.82) is 0 Å². The van der Waals surface area contributed by atoms with E-state index < -0.39 is 12.1 Å². The largest absolute Gasteiger partial charge is 0.391 e. The number of aliphatic hydroxyl groups excluding tert-OH is 1. The number of anilines is 1. The molecular weight excluding hydrogens is 316 g/mol. The molecule has 0 radical (unpaired) electrons. The summed E-state index contributed by atoms with van der Waals surface area (Å²) in [5.74, 6) is 0.629. The van der Waals surface area contributed by atoms with Crippen molar-refractivity contribution >= 4 is 11.7 Å². The minimum Gasteiger partial charge on any atom is -0.391 e. The highest BCUT2D eigenvalue weighted by Crippen LogP contribution is 2.33. The molecule has 6 nitrogen and oxygen atoms in total. The predicted molar refractivity (Wildman–Crippen MR) is 94.2 cm³/mol. The zero-order valence-corrected chi connectivity index (χ0v) is 14.2. The number of aromatic nitrogens is 2. The molecule has 3 unspecified atom stereocenters. The number of rotatable bonds is 3. The Morgan fingerprint density at radius 1 is 1.36 bits per heavy atom. The molecule has 0 bridgehead atoms. The van der Waals surface area contributed by atoms with Gasteiger partial charge in [0.2, 0.25) is 5.91 Å². The summed E-state index contributed by atoms with van der Waals surface area (Å²) >= 11 is 0. The van der Waals surface area contributed by atoms with Gasteiger partial charge in [0, 0.05) is 19.2 Å². The van der Waals surface area contributed by atoms with Gasteiger partial charge in [-0.05, 0) is 42.5 Å². The summed E-state index contributed by atoms with van der Waals surface area (Å²) < 4.78 is 0. The molecule has 3 atom stereocenters. The molecule has 2 aliphatic rings. The minimum atomic E-state index is -0.524. The Labute approximate surface area is 146 Å². The number of aliphatic hydroxyl groups is 1. The van der Waals surface area contributed by atoms with E-state index in [1.54, 1.807) is 12.3 Å². The first-order valence-electron chi connectivity index (χ1n) is 8.73. The lowest BCUT2D eigenvalue weighted by molar-refractivity contribution is -0.123. The van der Waals surface area contributed by atoms with Crippen LogP contribution in [0.4, 0.5) is 5.82 Å². The van der Waals surface area contributed by atoms with Crippen LogP contribution >= 0.6 is 0 Å². The van der Waals surface area contributed by atoms with Crippen molar-refractivity contribution < 1.29 is 9.90 Å². The Morgan fingerprint density at radius 3 is 3.04 bits per heavy atom. The normalized spacial score (nSPS) is 25.0. The topological polar surface area (TPSA) is 78.4 Å². The molecule has 1 aliphatic heterocycles. The number of nitrogens with zero attached hydrogens (tertiary/aromatic N) is 3. The van der Waals surface area contributed by atoms with Crippen LogP contribution in [-0.2, 0) is 11.2 Å². The lowest BCUT2D eigenvalue weighted by atomic mass is 10.0. The summed E-state index contributed by atoms with van der Waals surface area (Å²) in [7, 11) is 0. The molecule has 1 fully saturated rings. The van der Waals surface area contributed by atoms with Crippen LogP contribution in [0, 0.1) is 6.92 Å². The maximum absolute atomic E-state index is 12.9. The number of nitrogens with one attached hydrogen (secondary N) is 1. The molecule has 4 rings (SSSR count). The first-order valence-corrected chi connectivity index (χ1v) is 8.73. The zero-order chi connectivity index (χ0) is 17.4. The van der Waals surface area contributed by atoms with Crippen molar-refractivity contribution in [2.75, 3.05) is 11.4 Å². The smallest absolute Gasteiger partial charge is 0.243 e. The zero-order valence-electron chi connectivity index (χ0n) is 14.2. The average Bonchev–Trinajstić information content (AvgIpc) is 3.21. The number of carbonyl (C=O) groups excluding carboxylic acids is 1. The maximum atomic E-state index is 12.9. The van der Waals surface area contributed by atoms with Crippen LogP contribution < -0.4 is 10.2 Å². The number of benzene rings is 1. The minimum absolute atomic E-state index is 0.0467. The van der Waals surface area contributed by atoms with Crippen LogP contribution in [0.5, 0.6) is 0 Å². The summed E-state index contributed by atoms with van der Waals surface area (Å²) in [5, 5.41) is 13.3. The number of amides is 1. The van der Waals surface area contributed by atoms with Gasteiger partial charge in [-0.15, -0.1) is 0 Å². The van der Waals surface area contributed by atoms with Gasteiger partial charge in [0.15, 0.2) is 0 Å². The second-order valence-electron chi connectivity index (χ2n) is 6.87. The number of fused-ring (bicyclic) bond motifs is 1. The second kappa shape index (κ2) is 6.44. The van der Waals surface area contributed by atoms with E-state index >= 15 is 0 Å². The van der Waals surface area contributed by atoms with Crippen LogP contribution in [0.2, 0.25) is 0 Å². The van der Waals surface area contributed by atoms with Gasteiger partial charge < -0.3 is 15.3 Å². The first kappa shape index (κ1) is 16.0. The van der Waals surface area contributed by atoms with E-state index in [0.717, 1.165) is 12.8 Å². The van der Waals surface area contributed by atoms with Crippen molar-refractivity contribution in [3.63, 3.8) is 0 Å². The molecule has 25 heavy (non-hydrogen) atoms. The van der Waals surface area contributed by atoms with E-state index in [9.17, 15) is 9.90 Å². The maximum Gasteiger partial charge on any atom is 0.243 e. The molecule has 1 saturated heterocycles. The van der Waals surface area contributed by atoms with Crippen molar-refractivity contribution in [1.82, 2.24) is 15.3 Å². The van der Waals surface area contributed by atoms with Gasteiger partial charge in [-0.3, -0.25) is 4.79 Å². The number of aryl methyl sites for hydroxylation is 1. The lowest BCUT2D eigenvalue weighted by Crippen LogP contribution is -2.44. The summed E-state index contributed by atoms with van der Waals surface area (Å²) in [6.45, 7) is 2.53. The molecule has 2 aromatic rings. The van der Waals surface area contributed by atoms with Gasteiger partial charge in [-0.25, -0.2) is 9.97 Å². The number of hydrogen-bond donors (Lipinski definition) is 2. The fraction of sp³-hybridized carbons (Fsp3) is 0.421. The highest BCUT2D eigenvalue weighted by molar-refractivity contribution is 5.86. The van der Waals surface area contributed by atoms with Crippen molar-refractivity contribution in [3.8, 4) is 0 Å². The molecule has 0 spiro atoms. The van der Waals surface area contributed by atoms with Crippen molar-refractivity contribution in [2.24, 2.45) is 0 Å². The second-order valence-corrected chi connectivity index (χ2v) is 6.87. The standard InChI is InChI=1S/C19H22N4O2/c1-12-3-2-4-15-14(12)5-6-16(15)22-19(25)17-9-13(24)10-23(17)18-7-8-20-11-21-18/h2-4,7-8,11,13,16-17,24H,5-6,9-10H2,1H3,(H,22,25). The Hall–Kier alpha value is -2.47. The molecule has 2 N–H and O–H groups in total. The van der Waals surface area contributed by atoms with Gasteiger partial charge in [-0.2, -0.15) is 0 Å². The Balaban J connectivity index is 1.52. The Morgan fingerprint density at radius 2 is 2.24 bits per heavy atom. The summed E-state index contributed by atoms with van der Waals surface area (Å²) in [6, 6.07) is 7.68. The van der Waals surface area contributed by atoms with Crippen LogP contribution in [-0.4, -0.2) is 39.7 Å². The lowest BCUT2D eigenvalue weighted by Gasteiger charge is -2.26. The van der Waals surface area contributed by atoms with E-state index in [1.807, 2.05) is 11.0 Å². The van der Waals surface area contributed by atoms with Crippen LogP contribution in [0.25, 0.3) is 0 Å². The molecule has 2 heterocycles. The highest BCUT2D eigenvalue weighted by Gasteiger charge is 2.38. The van der Waals surface area contributed by atoms with E-state index in [0.29, 0.717) is 18.8 Å². The third-order valence-electron chi connectivity index (χ3n) is 5.26. The molecule has 1 aromatic heterocycles. The number of hydrogen-bond acceptors (Lipinski definition) is 5. The van der Waals surface area contributed by atoms with Crippen molar-refractivity contribution in [3.05, 3.63) is 53.5 Å². The van der Waals surface area contributed by atoms with E-state index in [4.69, 9.17) is 0 Å². The van der Waals surface area contributed by atoms with E-state index in [-0.39, 0.29) is 11.9 Å². The van der Waals surface area contributed by atoms with Gasteiger partial charge in [0.05, 0.1) is 12.1 Å². The Kier molecular flexibility index (Phi) is 4.13. The SMILES string of the molecule is Cc1cccc2c1CCC2NC(=O)C1CC(O)CN1c1ccncn1. The molecule has 1 aromatic carbocycles. The van der Waals surface area contributed by atoms with Crippen LogP contribution in [0.15, 0.2) is 36.8 Å². The Bertz CT molecular complexity index is 780. The fourth-order valence-electron chi connectivity index (χ4n) is 4.02. The van der Waals surface area contributed by atoms with Gasteiger partial charge in [-0.1, -0.05) is 18.2 Å². The summed E-state index contributed by atoms with van der Waals surface area (Å²) in [6.07, 6.45) is 4.93. The third-order valence-corrected chi connectivity index (χ3v) is 5.26. The van der Waals surface area contributed by atoms with Crippen LogP contribution in [0.3, 0.4) is 0 Å². The molecule has 1 aliphatic carbocycles. The number of carbonyl (C=O) groups is 1. The predicted octanol–water partition coefficient (Wildman–Crippen LogP) is 1.53. The number of β-amino-alcohol motifs (C(OH)–C–C–N with tert-alkyl or cyclic N) is 1. The molecule has 1 amide bonds. The average molecular weight is 338 g/mol. The van der Waals surface area contributed by atoms with Gasteiger partial charge in [0.25, 0.3) is 0 Å². The van der Waals surface area contributed by atoms with Gasteiger partial charge >= 0.3 is 0 Å². The quantitative estimate of drug-likeness (QED) is 0.887. The first-order chi connectivity index (χ1) is 12.1. The molecule has 130 valence electrons. The molecule has 6 heteroatoms. The van der Waals surface area contributed by atoms with E-state index in [2.05, 4.69) is 34.3 Å². The van der Waals surface area contributed by atoms with Crippen molar-refractivity contribution in [2.45, 2.75) is 44.4 Å². The third kappa shape index (κ3) is 2.98. The van der Waals surface area contributed by atoms with E-state index in [1.165, 1.54) is 23.0 Å². The fourth-order valence-corrected chi connectivity index (χ4v) is 4.02. The van der Waals surface area contributed by atoms with Gasteiger partial charge in [0.1, 0.15) is 18.2 Å². The monoisotopic (exact) mass is 338 g/mol. The summed E-state index contributed by atoms with van der Waals surface area (Å²) in [5.41, 5.74) is 3.86. The van der Waals surface area contributed by atoms with Crippen LogP contribution in [0.1, 0.15) is 35.6 Å². The molecule has 0 saturated carbocycles.